The van der Waals surface area contributed by atoms with Gasteiger partial charge in [-0.15, -0.1) is 0 Å². The minimum atomic E-state index is -4.27. The zero-order valence-electron chi connectivity index (χ0n) is 25.7. The second kappa shape index (κ2) is 14.3. The number of hydrogen-bond donors (Lipinski definition) is 1. The molecule has 0 fully saturated rings. The summed E-state index contributed by atoms with van der Waals surface area (Å²) in [6, 6.07) is 26.5. The third-order valence-electron chi connectivity index (χ3n) is 7.12. The number of carbonyl (C=O) groups is 2. The first kappa shape index (κ1) is 33.7. The number of hydrogen-bond acceptors (Lipinski definition) is 4. The van der Waals surface area contributed by atoms with Gasteiger partial charge in [-0.05, 0) is 69.2 Å². The van der Waals surface area contributed by atoms with Gasteiger partial charge in [-0.2, -0.15) is 0 Å². The van der Waals surface area contributed by atoms with Gasteiger partial charge < -0.3 is 10.2 Å². The number of amides is 2. The molecule has 0 aliphatic rings. The van der Waals surface area contributed by atoms with Crippen molar-refractivity contribution in [3.8, 4) is 0 Å². The molecule has 0 aliphatic heterocycles. The van der Waals surface area contributed by atoms with Gasteiger partial charge >= 0.3 is 0 Å². The predicted octanol–water partition coefficient (Wildman–Crippen LogP) is 6.54. The van der Waals surface area contributed by atoms with Crippen molar-refractivity contribution in [3.63, 3.8) is 0 Å². The van der Waals surface area contributed by atoms with Crippen molar-refractivity contribution >= 4 is 39.1 Å². The summed E-state index contributed by atoms with van der Waals surface area (Å²) in [4.78, 5) is 29.6. The van der Waals surface area contributed by atoms with E-state index >= 15 is 4.39 Å². The Kier molecular flexibility index (Phi) is 10.7. The number of nitrogens with one attached hydrogen (secondary N) is 1. The van der Waals surface area contributed by atoms with Crippen LogP contribution in [0.15, 0.2) is 108 Å². The van der Waals surface area contributed by atoms with Crippen LogP contribution in [0, 0.1) is 12.7 Å². The van der Waals surface area contributed by atoms with Gasteiger partial charge in [0.05, 0.1) is 10.6 Å². The van der Waals surface area contributed by atoms with Crippen molar-refractivity contribution in [2.75, 3.05) is 10.8 Å². The number of benzene rings is 4. The van der Waals surface area contributed by atoms with E-state index in [1.54, 1.807) is 43.3 Å². The summed E-state index contributed by atoms with van der Waals surface area (Å²) in [6.45, 7) is 6.31. The van der Waals surface area contributed by atoms with Crippen molar-refractivity contribution in [3.05, 3.63) is 131 Å². The smallest absolute Gasteiger partial charge is 0.264 e. The fourth-order valence-electron chi connectivity index (χ4n) is 4.80. The maximum atomic E-state index is 15.0. The summed E-state index contributed by atoms with van der Waals surface area (Å²) in [5.41, 5.74) is 1.22. The van der Waals surface area contributed by atoms with E-state index in [0.29, 0.717) is 5.02 Å². The highest BCUT2D eigenvalue weighted by Crippen LogP contribution is 2.29. The summed E-state index contributed by atoms with van der Waals surface area (Å²) in [5.74, 6) is -1.70. The van der Waals surface area contributed by atoms with E-state index in [-0.39, 0.29) is 29.1 Å². The van der Waals surface area contributed by atoms with Crippen LogP contribution < -0.4 is 9.62 Å². The molecule has 1 atom stereocenters. The number of carbonyl (C=O) groups excluding carboxylic acids is 2. The highest BCUT2D eigenvalue weighted by atomic mass is 35.5. The van der Waals surface area contributed by atoms with Gasteiger partial charge in [0.2, 0.25) is 11.8 Å². The maximum Gasteiger partial charge on any atom is 0.264 e. The Morgan fingerprint density at radius 3 is 2.09 bits per heavy atom. The normalized spacial score (nSPS) is 12.3. The molecule has 0 saturated carbocycles. The standard InChI is InChI=1S/C35H37ClFN3O4S/c1-25-19-20-28(22-30(25)36)40(45(43,44)29-16-9-6-10-17-29)24-33(41)39(23-27-15-11-12-18-31(27)37)32(34(42)38-35(2,3)4)21-26-13-7-5-8-14-26/h5-20,22,32H,21,23-24H2,1-4H3,(H,38,42). The van der Waals surface area contributed by atoms with Gasteiger partial charge in [-0.25, -0.2) is 12.8 Å². The highest BCUT2D eigenvalue weighted by Gasteiger charge is 2.36. The van der Waals surface area contributed by atoms with Crippen LogP contribution in [0.1, 0.15) is 37.5 Å². The summed E-state index contributed by atoms with van der Waals surface area (Å²) in [5, 5.41) is 3.28. The van der Waals surface area contributed by atoms with Gasteiger partial charge in [-0.3, -0.25) is 13.9 Å². The van der Waals surface area contributed by atoms with Crippen molar-refractivity contribution in [1.29, 1.82) is 0 Å². The number of halogens is 2. The molecule has 0 aliphatic carbocycles. The quantitative estimate of drug-likeness (QED) is 0.200. The Balaban J connectivity index is 1.84. The lowest BCUT2D eigenvalue weighted by atomic mass is 10.0. The predicted molar refractivity (Wildman–Crippen MR) is 176 cm³/mol. The highest BCUT2D eigenvalue weighted by molar-refractivity contribution is 7.92. The van der Waals surface area contributed by atoms with Gasteiger partial charge in [0, 0.05) is 29.1 Å². The third-order valence-corrected chi connectivity index (χ3v) is 9.32. The van der Waals surface area contributed by atoms with Crippen LogP contribution in [0.5, 0.6) is 0 Å². The molecular weight excluding hydrogens is 613 g/mol. The summed E-state index contributed by atoms with van der Waals surface area (Å²) >= 11 is 6.41. The van der Waals surface area contributed by atoms with Crippen LogP contribution in [-0.2, 0) is 32.6 Å². The van der Waals surface area contributed by atoms with Crippen LogP contribution in [-0.4, -0.2) is 43.3 Å². The van der Waals surface area contributed by atoms with E-state index in [9.17, 15) is 18.0 Å². The number of anilines is 1. The lowest BCUT2D eigenvalue weighted by Crippen LogP contribution is -2.56. The van der Waals surface area contributed by atoms with Crippen LogP contribution in [0.2, 0.25) is 5.02 Å². The van der Waals surface area contributed by atoms with Crippen LogP contribution in [0.25, 0.3) is 0 Å². The molecule has 236 valence electrons. The zero-order valence-corrected chi connectivity index (χ0v) is 27.3. The molecule has 4 aromatic carbocycles. The molecule has 4 aromatic rings. The lowest BCUT2D eigenvalue weighted by molar-refractivity contribution is -0.140. The van der Waals surface area contributed by atoms with Crippen LogP contribution >= 0.6 is 11.6 Å². The molecule has 0 spiro atoms. The summed E-state index contributed by atoms with van der Waals surface area (Å²) in [6.07, 6.45) is 0.116. The molecule has 0 aromatic heterocycles. The van der Waals surface area contributed by atoms with E-state index in [1.165, 1.54) is 41.3 Å². The SMILES string of the molecule is Cc1ccc(N(CC(=O)N(Cc2ccccc2F)C(Cc2ccccc2)C(=O)NC(C)(C)C)S(=O)(=O)c2ccccc2)cc1Cl. The van der Waals surface area contributed by atoms with E-state index in [0.717, 1.165) is 15.4 Å². The molecule has 45 heavy (non-hydrogen) atoms. The van der Waals surface area contributed by atoms with Crippen LogP contribution in [0.4, 0.5) is 10.1 Å². The number of rotatable bonds is 11. The third kappa shape index (κ3) is 8.71. The molecule has 0 radical (unpaired) electrons. The van der Waals surface area contributed by atoms with Crippen molar-refractivity contribution in [2.24, 2.45) is 0 Å². The molecule has 4 rings (SSSR count). The van der Waals surface area contributed by atoms with Gasteiger partial charge in [0.1, 0.15) is 18.4 Å². The topological polar surface area (TPSA) is 86.8 Å². The van der Waals surface area contributed by atoms with Gasteiger partial charge in [-0.1, -0.05) is 84.4 Å². The molecule has 10 heteroatoms. The van der Waals surface area contributed by atoms with E-state index in [2.05, 4.69) is 5.32 Å². The molecule has 0 saturated heterocycles. The first-order valence-corrected chi connectivity index (χ1v) is 16.3. The Morgan fingerprint density at radius 1 is 0.889 bits per heavy atom. The largest absolute Gasteiger partial charge is 0.350 e. The minimum absolute atomic E-state index is 0.0264. The Hall–Kier alpha value is -4.21. The maximum absolute atomic E-state index is 15.0. The molecular formula is C35H37ClFN3O4S. The van der Waals surface area contributed by atoms with E-state index < -0.39 is 45.8 Å². The number of nitrogens with zero attached hydrogens (tertiary/aromatic N) is 2. The molecule has 7 nitrogen and oxygen atoms in total. The lowest BCUT2D eigenvalue weighted by Gasteiger charge is -2.35. The van der Waals surface area contributed by atoms with Gasteiger partial charge in [0.15, 0.2) is 0 Å². The number of sulfonamides is 1. The molecule has 2 amide bonds. The first-order chi connectivity index (χ1) is 21.3. The monoisotopic (exact) mass is 649 g/mol. The van der Waals surface area contributed by atoms with E-state index in [1.807, 2.05) is 51.1 Å². The average molecular weight is 650 g/mol. The fraction of sp³-hybridized carbons (Fsp3) is 0.257. The first-order valence-electron chi connectivity index (χ1n) is 14.5. The average Bonchev–Trinajstić information content (AvgIpc) is 3.00. The zero-order chi connectivity index (χ0) is 32.8. The second-order valence-electron chi connectivity index (χ2n) is 11.8. The minimum Gasteiger partial charge on any atom is -0.350 e. The Bertz CT molecular complexity index is 1750. The molecule has 0 bridgehead atoms. The molecule has 1 unspecified atom stereocenters. The summed E-state index contributed by atoms with van der Waals surface area (Å²) in [7, 11) is -4.27. The Morgan fingerprint density at radius 2 is 1.49 bits per heavy atom. The summed E-state index contributed by atoms with van der Waals surface area (Å²) < 4.78 is 44.1. The van der Waals surface area contributed by atoms with E-state index in [4.69, 9.17) is 11.6 Å². The fourth-order valence-corrected chi connectivity index (χ4v) is 6.40. The van der Waals surface area contributed by atoms with Crippen molar-refractivity contribution < 1.29 is 22.4 Å². The molecule has 0 heterocycles. The van der Waals surface area contributed by atoms with Crippen molar-refractivity contribution in [2.45, 2.75) is 57.1 Å². The second-order valence-corrected chi connectivity index (χ2v) is 14.1. The Labute approximate surface area is 269 Å². The van der Waals surface area contributed by atoms with Crippen molar-refractivity contribution in [1.82, 2.24) is 10.2 Å². The van der Waals surface area contributed by atoms with Crippen LogP contribution in [0.3, 0.4) is 0 Å². The number of aryl methyl sites for hydroxylation is 1. The van der Waals surface area contributed by atoms with Gasteiger partial charge in [0.25, 0.3) is 10.0 Å². The molecule has 1 N–H and O–H groups in total.